The molecule has 0 aliphatic rings. The number of rotatable bonds is 0. The Morgan fingerprint density at radius 1 is 0.545 bits per heavy atom. The maximum atomic E-state index is 11.0. The maximum Gasteiger partial charge on any atom is 0.343 e. The van der Waals surface area contributed by atoms with Crippen LogP contribution in [0.2, 0.25) is 0 Å². The predicted molar refractivity (Wildman–Crippen MR) is 85.0 cm³/mol. The van der Waals surface area contributed by atoms with Gasteiger partial charge in [0.25, 0.3) is 0 Å². The van der Waals surface area contributed by atoms with Crippen LogP contribution in [-0.4, -0.2) is 0 Å². The van der Waals surface area contributed by atoms with E-state index in [4.69, 9.17) is 0 Å². The summed E-state index contributed by atoms with van der Waals surface area (Å²) in [5.74, 6) is 0. The van der Waals surface area contributed by atoms with Crippen molar-refractivity contribution in [3.8, 4) is 0 Å². The van der Waals surface area contributed by atoms with E-state index in [0.29, 0.717) is 10.8 Å². The van der Waals surface area contributed by atoms with Crippen LogP contribution in [0.3, 0.4) is 0 Å². The summed E-state index contributed by atoms with van der Waals surface area (Å²) >= 11 is 0. The molecular formula is C18H12O4. The van der Waals surface area contributed by atoms with Crippen LogP contribution in [0.4, 0.5) is 0 Å². The van der Waals surface area contributed by atoms with Crippen LogP contribution < -0.4 is 11.3 Å². The van der Waals surface area contributed by atoms with E-state index in [1.54, 1.807) is 24.3 Å². The summed E-state index contributed by atoms with van der Waals surface area (Å²) in [4.78, 5) is 22.0. The lowest BCUT2D eigenvalue weighted by Crippen LogP contribution is -1.96. The monoisotopic (exact) mass is 292 g/mol. The van der Waals surface area contributed by atoms with E-state index in [-0.39, 0.29) is 11.3 Å². The molecule has 4 nitrogen and oxygen atoms in total. The highest BCUT2D eigenvalue weighted by atomic mass is 16.4. The molecule has 108 valence electrons. The molecule has 0 atom stereocenters. The van der Waals surface area contributed by atoms with Crippen molar-refractivity contribution in [2.24, 2.45) is 0 Å². The summed E-state index contributed by atoms with van der Waals surface area (Å²) in [7, 11) is 0. The Bertz CT molecular complexity index is 932. The molecule has 4 aromatic rings. The molecule has 0 bridgehead atoms. The lowest BCUT2D eigenvalue weighted by molar-refractivity contribution is 0.519. The molecular weight excluding hydrogens is 280 g/mol. The third-order valence-corrected chi connectivity index (χ3v) is 3.21. The second-order valence-electron chi connectivity index (χ2n) is 4.59. The lowest BCUT2D eigenvalue weighted by atomic mass is 10.2. The first-order valence-corrected chi connectivity index (χ1v) is 6.69. The molecule has 0 fully saturated rings. The Kier molecular flexibility index (Phi) is 3.83. The number of hydrogen-bond acceptors (Lipinski definition) is 4. The van der Waals surface area contributed by atoms with Gasteiger partial charge in [-0.15, -0.1) is 0 Å². The minimum Gasteiger partial charge on any atom is -0.431 e. The normalized spacial score (nSPS) is 10.2. The summed E-state index contributed by atoms with van der Waals surface area (Å²) in [5.41, 5.74) is -0.550. The van der Waals surface area contributed by atoms with Gasteiger partial charge in [-0.3, -0.25) is 0 Å². The average molecular weight is 292 g/mol. The fourth-order valence-electron chi connectivity index (χ4n) is 2.12. The summed E-state index contributed by atoms with van der Waals surface area (Å²) in [5, 5.41) is 3.11. The van der Waals surface area contributed by atoms with Gasteiger partial charge in [-0.1, -0.05) is 36.4 Å². The summed E-state index contributed by atoms with van der Waals surface area (Å²) in [6.45, 7) is 0. The van der Waals surface area contributed by atoms with Crippen molar-refractivity contribution in [2.75, 3.05) is 0 Å². The van der Waals surface area contributed by atoms with E-state index in [2.05, 4.69) is 8.83 Å². The molecule has 22 heavy (non-hydrogen) atoms. The SMILES string of the molecule is O=c1occc2ccccc12.O=c1occc2ccccc12. The Morgan fingerprint density at radius 3 is 1.36 bits per heavy atom. The van der Waals surface area contributed by atoms with Crippen LogP contribution in [0, 0.1) is 0 Å². The second kappa shape index (κ2) is 6.10. The van der Waals surface area contributed by atoms with Gasteiger partial charge < -0.3 is 8.83 Å². The highest BCUT2D eigenvalue weighted by Gasteiger charge is 1.95. The first-order valence-electron chi connectivity index (χ1n) is 6.69. The number of benzene rings is 2. The highest BCUT2D eigenvalue weighted by Crippen LogP contribution is 2.07. The van der Waals surface area contributed by atoms with E-state index in [1.165, 1.54) is 12.5 Å². The van der Waals surface area contributed by atoms with E-state index in [0.717, 1.165) is 10.8 Å². The molecule has 0 saturated carbocycles. The topological polar surface area (TPSA) is 60.4 Å². The Morgan fingerprint density at radius 2 is 0.955 bits per heavy atom. The van der Waals surface area contributed by atoms with Crippen molar-refractivity contribution in [3.63, 3.8) is 0 Å². The molecule has 2 aromatic carbocycles. The average Bonchev–Trinajstić information content (AvgIpc) is 2.57. The fourth-order valence-corrected chi connectivity index (χ4v) is 2.12. The molecule has 0 spiro atoms. The van der Waals surface area contributed by atoms with Crippen molar-refractivity contribution >= 4 is 21.5 Å². The quantitative estimate of drug-likeness (QED) is 0.497. The first-order chi connectivity index (χ1) is 10.8. The van der Waals surface area contributed by atoms with Crippen molar-refractivity contribution in [2.45, 2.75) is 0 Å². The van der Waals surface area contributed by atoms with Gasteiger partial charge in [0, 0.05) is 0 Å². The lowest BCUT2D eigenvalue weighted by Gasteiger charge is -1.91. The largest absolute Gasteiger partial charge is 0.431 e. The van der Waals surface area contributed by atoms with Crippen LogP contribution in [-0.2, 0) is 0 Å². The molecule has 4 rings (SSSR count). The number of hydrogen-bond donors (Lipinski definition) is 0. The van der Waals surface area contributed by atoms with Crippen LogP contribution in [0.25, 0.3) is 21.5 Å². The molecule has 0 saturated heterocycles. The molecule has 2 aromatic heterocycles. The highest BCUT2D eigenvalue weighted by molar-refractivity contribution is 5.81. The van der Waals surface area contributed by atoms with Crippen LogP contribution in [0.15, 0.2) is 91.6 Å². The van der Waals surface area contributed by atoms with Gasteiger partial charge in [0.15, 0.2) is 0 Å². The molecule has 4 heteroatoms. The van der Waals surface area contributed by atoms with E-state index in [9.17, 15) is 9.59 Å². The van der Waals surface area contributed by atoms with Crippen molar-refractivity contribution < 1.29 is 8.83 Å². The zero-order chi connectivity index (χ0) is 15.4. The van der Waals surface area contributed by atoms with Gasteiger partial charge in [0.05, 0.1) is 23.3 Å². The third-order valence-electron chi connectivity index (χ3n) is 3.21. The molecule has 0 unspecified atom stereocenters. The summed E-state index contributed by atoms with van der Waals surface area (Å²) in [6, 6.07) is 18.2. The Balaban J connectivity index is 0.000000131. The molecule has 0 radical (unpaired) electrons. The third kappa shape index (κ3) is 2.81. The first kappa shape index (κ1) is 13.8. The minimum absolute atomic E-state index is 0.275. The van der Waals surface area contributed by atoms with E-state index >= 15 is 0 Å². The molecule has 0 aliphatic heterocycles. The molecule has 0 aliphatic carbocycles. The predicted octanol–water partition coefficient (Wildman–Crippen LogP) is 3.59. The minimum atomic E-state index is -0.275. The van der Waals surface area contributed by atoms with Gasteiger partial charge in [0.1, 0.15) is 0 Å². The van der Waals surface area contributed by atoms with Crippen LogP contribution in [0.1, 0.15) is 0 Å². The molecule has 2 heterocycles. The van der Waals surface area contributed by atoms with Gasteiger partial charge in [-0.05, 0) is 35.0 Å². The van der Waals surface area contributed by atoms with Gasteiger partial charge >= 0.3 is 11.3 Å². The van der Waals surface area contributed by atoms with Crippen LogP contribution in [0.5, 0.6) is 0 Å². The standard InChI is InChI=1S/2C9H6O2/c2*10-9-8-4-2-1-3-7(8)5-6-11-9/h2*1-6H. The van der Waals surface area contributed by atoms with Gasteiger partial charge in [0.2, 0.25) is 0 Å². The molecule has 0 N–H and O–H groups in total. The van der Waals surface area contributed by atoms with E-state index < -0.39 is 0 Å². The van der Waals surface area contributed by atoms with Crippen molar-refractivity contribution in [3.05, 3.63) is 94.0 Å². The molecule has 0 amide bonds. The van der Waals surface area contributed by atoms with Gasteiger partial charge in [-0.2, -0.15) is 0 Å². The zero-order valence-corrected chi connectivity index (χ0v) is 11.6. The maximum absolute atomic E-state index is 11.0. The number of fused-ring (bicyclic) bond motifs is 2. The fraction of sp³-hybridized carbons (Fsp3) is 0. The summed E-state index contributed by atoms with van der Waals surface area (Å²) in [6.07, 6.45) is 2.81. The Labute approximate surface area is 125 Å². The second-order valence-corrected chi connectivity index (χ2v) is 4.59. The Hall–Kier alpha value is -3.14. The van der Waals surface area contributed by atoms with Crippen molar-refractivity contribution in [1.29, 1.82) is 0 Å². The van der Waals surface area contributed by atoms with Gasteiger partial charge in [-0.25, -0.2) is 9.59 Å². The summed E-state index contributed by atoms with van der Waals surface area (Å²) < 4.78 is 9.37. The zero-order valence-electron chi connectivity index (χ0n) is 11.6. The van der Waals surface area contributed by atoms with Crippen LogP contribution >= 0.6 is 0 Å². The van der Waals surface area contributed by atoms with Crippen molar-refractivity contribution in [1.82, 2.24) is 0 Å². The smallest absolute Gasteiger partial charge is 0.343 e. The van der Waals surface area contributed by atoms with E-state index in [1.807, 2.05) is 36.4 Å².